The van der Waals surface area contributed by atoms with Crippen LogP contribution in [0.15, 0.2) is 0 Å². The molecule has 0 saturated carbocycles. The molecule has 0 heterocycles. The fourth-order valence-corrected chi connectivity index (χ4v) is 4.36. The molecule has 0 aromatic carbocycles. The van der Waals surface area contributed by atoms with E-state index in [2.05, 4.69) is 34.6 Å². The molecule has 0 aromatic rings. The van der Waals surface area contributed by atoms with Gasteiger partial charge in [-0.05, 0) is 64.2 Å². The molecule has 0 aliphatic rings. The molecule has 51 heavy (non-hydrogen) atoms. The second-order valence-corrected chi connectivity index (χ2v) is 12.7. The first-order valence-electron chi connectivity index (χ1n) is 19.8. The molecule has 10 nitrogen and oxygen atoms in total. The van der Waals surface area contributed by atoms with Crippen LogP contribution in [0.4, 0.5) is 0 Å². The van der Waals surface area contributed by atoms with Gasteiger partial charge in [-0.25, -0.2) is 0 Å². The van der Waals surface area contributed by atoms with Crippen LogP contribution in [0.1, 0.15) is 227 Å². The average molecular weight is 767 g/mol. The first kappa shape index (κ1) is 61.0. The Morgan fingerprint density at radius 3 is 0.471 bits per heavy atom. The van der Waals surface area contributed by atoms with Crippen molar-refractivity contribution in [2.75, 3.05) is 0 Å². The molecule has 300 valence electrons. The molecule has 0 fully saturated rings. The van der Waals surface area contributed by atoms with Crippen molar-refractivity contribution in [3.05, 3.63) is 0 Å². The Morgan fingerprint density at radius 1 is 0.255 bits per heavy atom. The fourth-order valence-electron chi connectivity index (χ4n) is 4.36. The summed E-state index contributed by atoms with van der Waals surface area (Å²) in [6.45, 7) is 10.7. The van der Waals surface area contributed by atoms with Crippen LogP contribution in [0.3, 0.4) is 0 Å². The van der Waals surface area contributed by atoms with Crippen molar-refractivity contribution in [2.24, 2.45) is 0 Å². The van der Waals surface area contributed by atoms with Crippen molar-refractivity contribution in [2.45, 2.75) is 227 Å². The molecule has 0 N–H and O–H groups in total. The number of hydrogen-bond donors (Lipinski definition) is 0. The van der Waals surface area contributed by atoms with Gasteiger partial charge >= 0.3 is 18.6 Å². The predicted molar refractivity (Wildman–Crippen MR) is 192 cm³/mol. The number of rotatable bonds is 30. The van der Waals surface area contributed by atoms with Crippen molar-refractivity contribution in [1.82, 2.24) is 0 Å². The van der Waals surface area contributed by atoms with Crippen LogP contribution < -0.4 is 25.5 Å². The summed E-state index contributed by atoms with van der Waals surface area (Å²) in [5.41, 5.74) is 0. The van der Waals surface area contributed by atoms with Crippen molar-refractivity contribution in [1.29, 1.82) is 0 Å². The van der Waals surface area contributed by atoms with Crippen LogP contribution >= 0.6 is 0 Å². The van der Waals surface area contributed by atoms with E-state index in [0.29, 0.717) is 0 Å². The molecule has 0 bridgehead atoms. The molecular formula is C40H75O10V. The molecule has 11 heteroatoms. The number of carbonyl (C=O) groups is 5. The first-order chi connectivity index (χ1) is 23.9. The second-order valence-electron chi connectivity index (χ2n) is 12.7. The van der Waals surface area contributed by atoms with E-state index in [1.54, 1.807) is 0 Å². The van der Waals surface area contributed by atoms with Gasteiger partial charge in [-0.15, -0.1) is 0 Å². The summed E-state index contributed by atoms with van der Waals surface area (Å²) in [6, 6.07) is 0. The number of carbonyl (C=O) groups excluding carboxylic acids is 5. The summed E-state index contributed by atoms with van der Waals surface area (Å²) in [6.07, 6.45) is 28.0. The maximum Gasteiger partial charge on any atom is 5.00 e. The zero-order valence-electron chi connectivity index (χ0n) is 33.2. The van der Waals surface area contributed by atoms with E-state index < -0.39 is 29.8 Å². The zero-order valence-corrected chi connectivity index (χ0v) is 34.6. The topological polar surface area (TPSA) is 201 Å². The van der Waals surface area contributed by atoms with Gasteiger partial charge in [0.15, 0.2) is 0 Å². The molecule has 0 unspecified atom stereocenters. The Bertz CT molecular complexity index is 593. The van der Waals surface area contributed by atoms with Gasteiger partial charge in [0.25, 0.3) is 0 Å². The maximum atomic E-state index is 9.92. The Hall–Kier alpha value is -2.07. The van der Waals surface area contributed by atoms with Crippen LogP contribution in [0.25, 0.3) is 0 Å². The molecule has 0 radical (unpaired) electrons. The quantitative estimate of drug-likeness (QED) is 0.0843. The van der Waals surface area contributed by atoms with Crippen molar-refractivity contribution < 1.29 is 68.1 Å². The SMILES string of the molecule is CCCCCCCC(=O)[O-].CCCCCCCC(=O)[O-].CCCCCCCC(=O)[O-].CCCCCCCC(=O)[O-].CCCCCCCC(=O)[O-].[V+5]. The van der Waals surface area contributed by atoms with Crippen LogP contribution in [0, 0.1) is 0 Å². The monoisotopic (exact) mass is 766 g/mol. The van der Waals surface area contributed by atoms with Gasteiger partial charge < -0.3 is 49.5 Å². The van der Waals surface area contributed by atoms with E-state index in [1.165, 1.54) is 64.2 Å². The van der Waals surface area contributed by atoms with E-state index in [-0.39, 0.29) is 50.7 Å². The molecule has 0 aromatic heterocycles. The van der Waals surface area contributed by atoms with Crippen LogP contribution in [0.5, 0.6) is 0 Å². The standard InChI is InChI=1S/5C8H16O2.V/c5*1-2-3-4-5-6-7-8(9)10;/h5*2-7H2,1H3,(H,9,10);/q;;;;;+5/p-5. The predicted octanol–water partition coefficient (Wildman–Crippen LogP) is 5.48. The second kappa shape index (κ2) is 57.3. The summed E-state index contributed by atoms with van der Waals surface area (Å²) < 4.78 is 0. The largest absolute Gasteiger partial charge is 5.00 e. The molecule has 0 aliphatic heterocycles. The normalized spacial score (nSPS) is 9.51. The Balaban J connectivity index is -0.000000123. The number of unbranched alkanes of at least 4 members (excludes halogenated alkanes) is 20. The van der Waals surface area contributed by atoms with Gasteiger partial charge in [-0.1, -0.05) is 163 Å². The molecule has 0 aliphatic carbocycles. The minimum Gasteiger partial charge on any atom is -0.550 e. The fraction of sp³-hybridized carbons (Fsp3) is 0.875. The van der Waals surface area contributed by atoms with E-state index in [9.17, 15) is 49.5 Å². The number of carboxylic acid groups (broad SMARTS) is 5. The molecular weight excluding hydrogens is 691 g/mol. The summed E-state index contributed by atoms with van der Waals surface area (Å²) in [4.78, 5) is 49.6. The van der Waals surface area contributed by atoms with Gasteiger partial charge in [-0.3, -0.25) is 0 Å². The van der Waals surface area contributed by atoms with Crippen molar-refractivity contribution in [3.8, 4) is 0 Å². The summed E-state index contributed by atoms with van der Waals surface area (Å²) >= 11 is 0. The molecule has 0 amide bonds. The van der Waals surface area contributed by atoms with Crippen LogP contribution in [-0.4, -0.2) is 29.8 Å². The van der Waals surface area contributed by atoms with E-state index in [1.807, 2.05) is 0 Å². The average Bonchev–Trinajstić information content (AvgIpc) is 3.05. The molecule has 0 spiro atoms. The van der Waals surface area contributed by atoms with Crippen molar-refractivity contribution in [3.63, 3.8) is 0 Å². The summed E-state index contributed by atoms with van der Waals surface area (Å²) in [5, 5.41) is 49.6. The summed E-state index contributed by atoms with van der Waals surface area (Å²) in [7, 11) is 0. The number of aliphatic carboxylic acids is 5. The van der Waals surface area contributed by atoms with Gasteiger partial charge in [0, 0.05) is 29.8 Å². The third-order valence-corrected chi connectivity index (χ3v) is 7.42. The molecule has 0 rings (SSSR count). The summed E-state index contributed by atoms with van der Waals surface area (Å²) in [5.74, 6) is -4.60. The van der Waals surface area contributed by atoms with Crippen LogP contribution in [-0.2, 0) is 42.5 Å². The smallest absolute Gasteiger partial charge is 0.550 e. The van der Waals surface area contributed by atoms with Gasteiger partial charge in [-0.2, -0.15) is 0 Å². The third kappa shape index (κ3) is 93.2. The van der Waals surface area contributed by atoms with Gasteiger partial charge in [0.05, 0.1) is 0 Å². The first-order valence-corrected chi connectivity index (χ1v) is 19.8. The Labute approximate surface area is 324 Å². The van der Waals surface area contributed by atoms with Crippen LogP contribution in [0.2, 0.25) is 0 Å². The van der Waals surface area contributed by atoms with E-state index >= 15 is 0 Å². The van der Waals surface area contributed by atoms with Gasteiger partial charge in [0.2, 0.25) is 0 Å². The molecule has 0 atom stereocenters. The number of carboxylic acids is 5. The van der Waals surface area contributed by atoms with E-state index in [4.69, 9.17) is 0 Å². The number of hydrogen-bond acceptors (Lipinski definition) is 10. The van der Waals surface area contributed by atoms with E-state index in [0.717, 1.165) is 96.3 Å². The minimum atomic E-state index is -0.920. The zero-order chi connectivity index (χ0) is 39.1. The Kier molecular flexibility index (Phi) is 68.5. The maximum absolute atomic E-state index is 9.92. The minimum absolute atomic E-state index is 0. The third-order valence-electron chi connectivity index (χ3n) is 7.42. The Morgan fingerprint density at radius 2 is 0.373 bits per heavy atom. The molecule has 0 saturated heterocycles. The van der Waals surface area contributed by atoms with Crippen molar-refractivity contribution >= 4 is 29.8 Å². The van der Waals surface area contributed by atoms with Gasteiger partial charge in [0.1, 0.15) is 0 Å².